The first-order chi connectivity index (χ1) is 12.8. The first-order valence-electron chi connectivity index (χ1n) is 7.75. The van der Waals surface area contributed by atoms with Crippen molar-refractivity contribution in [2.45, 2.75) is 0 Å². The average Bonchev–Trinajstić information content (AvgIpc) is 3.19. The Bertz CT molecular complexity index is 1130. The smallest absolute Gasteiger partial charge is 0.226 e. The number of rotatable bonds is 0. The molecule has 0 heterocycles. The lowest BCUT2D eigenvalue weighted by molar-refractivity contribution is 1.48. The van der Waals surface area contributed by atoms with Crippen LogP contribution in [0.2, 0.25) is 0 Å². The molecular formula is C22H8N4. The Labute approximate surface area is 150 Å². The zero-order chi connectivity index (χ0) is 18.3. The van der Waals surface area contributed by atoms with Crippen LogP contribution in [0.5, 0.6) is 0 Å². The van der Waals surface area contributed by atoms with Crippen LogP contribution in [0.15, 0.2) is 59.9 Å². The van der Waals surface area contributed by atoms with E-state index >= 15 is 0 Å². The summed E-state index contributed by atoms with van der Waals surface area (Å²) in [7, 11) is 0. The molecule has 4 rings (SSSR count). The molecule has 0 aliphatic heterocycles. The van der Waals surface area contributed by atoms with E-state index in [1.165, 1.54) is 0 Å². The summed E-state index contributed by atoms with van der Waals surface area (Å²) in [4.78, 5) is 6.85. The van der Waals surface area contributed by atoms with E-state index in [1.54, 1.807) is 0 Å². The molecule has 2 aromatic carbocycles. The number of hydrogen-bond acceptors (Lipinski definition) is 2. The molecule has 0 saturated heterocycles. The van der Waals surface area contributed by atoms with Gasteiger partial charge in [0, 0.05) is 11.1 Å². The van der Waals surface area contributed by atoms with Crippen molar-refractivity contribution in [3.8, 4) is 12.1 Å². The van der Waals surface area contributed by atoms with Gasteiger partial charge in [-0.15, -0.1) is 0 Å². The molecule has 4 nitrogen and oxygen atoms in total. The van der Waals surface area contributed by atoms with Gasteiger partial charge in [0.25, 0.3) is 11.4 Å². The second-order valence-electron chi connectivity index (χ2n) is 5.74. The van der Waals surface area contributed by atoms with Gasteiger partial charge in [-0.1, -0.05) is 48.5 Å². The highest BCUT2D eigenvalue weighted by molar-refractivity contribution is 6.37. The Hall–Kier alpha value is -4.38. The van der Waals surface area contributed by atoms with E-state index in [0.717, 1.165) is 33.4 Å². The van der Waals surface area contributed by atoms with E-state index in [0.29, 0.717) is 11.1 Å². The van der Waals surface area contributed by atoms with Crippen molar-refractivity contribution in [3.05, 3.63) is 105 Å². The molecule has 2 aromatic rings. The van der Waals surface area contributed by atoms with Crippen molar-refractivity contribution in [2.75, 3.05) is 0 Å². The van der Waals surface area contributed by atoms with Crippen molar-refractivity contribution in [2.24, 2.45) is 0 Å². The summed E-state index contributed by atoms with van der Waals surface area (Å²) in [6, 6.07) is 19.0. The fourth-order valence-electron chi connectivity index (χ4n) is 3.66. The summed E-state index contributed by atoms with van der Waals surface area (Å²) in [5, 5.41) is 19.0. The van der Waals surface area contributed by atoms with Crippen LogP contribution in [-0.4, -0.2) is 0 Å². The first kappa shape index (κ1) is 15.2. The molecule has 2 aliphatic rings. The van der Waals surface area contributed by atoms with Crippen LogP contribution >= 0.6 is 0 Å². The van der Waals surface area contributed by atoms with Gasteiger partial charge in [-0.2, -0.15) is 0 Å². The van der Waals surface area contributed by atoms with E-state index < -0.39 is 0 Å². The van der Waals surface area contributed by atoms with Gasteiger partial charge in [0.2, 0.25) is 0 Å². The van der Waals surface area contributed by atoms with Crippen molar-refractivity contribution in [1.29, 1.82) is 10.5 Å². The second-order valence-corrected chi connectivity index (χ2v) is 5.74. The molecule has 0 unspecified atom stereocenters. The predicted molar refractivity (Wildman–Crippen MR) is 98.0 cm³/mol. The van der Waals surface area contributed by atoms with Crippen molar-refractivity contribution in [1.82, 2.24) is 0 Å². The summed E-state index contributed by atoms with van der Waals surface area (Å²) < 4.78 is 0. The third-order valence-electron chi connectivity index (χ3n) is 4.59. The van der Waals surface area contributed by atoms with E-state index in [9.17, 15) is 10.5 Å². The monoisotopic (exact) mass is 328 g/mol. The second kappa shape index (κ2) is 5.61. The van der Waals surface area contributed by atoms with E-state index in [1.807, 2.05) is 60.7 Å². The number of allylic oxidation sites excluding steroid dienone is 6. The molecule has 0 aromatic heterocycles. The number of hydrogen-bond donors (Lipinski definition) is 0. The van der Waals surface area contributed by atoms with E-state index in [-0.39, 0.29) is 11.4 Å². The SMILES string of the molecule is [C-]#[N+]C(C#N)=C1C2=C(/C(=C(/C#N)[N+]#[C-])c3ccccc32)c2ccccc21. The molecule has 0 saturated carbocycles. The Morgan fingerprint density at radius 2 is 1.00 bits per heavy atom. The molecule has 4 heteroatoms. The van der Waals surface area contributed by atoms with Crippen LogP contribution < -0.4 is 0 Å². The summed E-state index contributed by atoms with van der Waals surface area (Å²) >= 11 is 0. The van der Waals surface area contributed by atoms with Gasteiger partial charge in [0.05, 0.1) is 25.3 Å². The molecule has 0 spiro atoms. The molecule has 26 heavy (non-hydrogen) atoms. The topological polar surface area (TPSA) is 56.3 Å². The highest BCUT2D eigenvalue weighted by atomic mass is 14.7. The maximum absolute atomic E-state index is 9.49. The zero-order valence-electron chi connectivity index (χ0n) is 13.4. The standard InChI is InChI=1S/C22H8N4/c1-25-17(11-23)19-13-7-3-5-9-15(13)22-20(18(12-24)26-2)14-8-4-6-10-16(14)21(19)22/h3-10H/b19-17-,20-18?. The summed E-state index contributed by atoms with van der Waals surface area (Å²) in [5.74, 6) is 0. The molecular weight excluding hydrogens is 320 g/mol. The van der Waals surface area contributed by atoms with Gasteiger partial charge in [-0.25, -0.2) is 20.2 Å². The van der Waals surface area contributed by atoms with E-state index in [2.05, 4.69) is 9.69 Å². The predicted octanol–water partition coefficient (Wildman–Crippen LogP) is 4.93. The minimum atomic E-state index is 0.0137. The molecule has 0 radical (unpaired) electrons. The maximum Gasteiger partial charge on any atom is 0.270 e. The zero-order valence-corrected chi connectivity index (χ0v) is 13.4. The normalized spacial score (nSPS) is 17.1. The molecule has 0 amide bonds. The fourth-order valence-corrected chi connectivity index (χ4v) is 3.66. The molecule has 0 N–H and O–H groups in total. The third kappa shape index (κ3) is 1.79. The minimum Gasteiger partial charge on any atom is -0.226 e. The lowest BCUT2D eigenvalue weighted by Crippen LogP contribution is -1.94. The van der Waals surface area contributed by atoms with Crippen LogP contribution in [0.25, 0.3) is 32.0 Å². The first-order valence-corrected chi connectivity index (χ1v) is 7.75. The molecule has 0 atom stereocenters. The lowest BCUT2D eigenvalue weighted by atomic mass is 9.91. The van der Waals surface area contributed by atoms with Gasteiger partial charge in [0.1, 0.15) is 0 Å². The van der Waals surface area contributed by atoms with Crippen molar-refractivity contribution < 1.29 is 0 Å². The van der Waals surface area contributed by atoms with Gasteiger partial charge in [-0.3, -0.25) is 0 Å². The highest BCUT2D eigenvalue weighted by Crippen LogP contribution is 2.58. The molecule has 116 valence electrons. The van der Waals surface area contributed by atoms with Gasteiger partial charge >= 0.3 is 0 Å². The van der Waals surface area contributed by atoms with Crippen LogP contribution in [0, 0.1) is 35.8 Å². The largest absolute Gasteiger partial charge is 0.270 e. The van der Waals surface area contributed by atoms with Crippen molar-refractivity contribution >= 4 is 22.3 Å². The Balaban J connectivity index is 2.25. The Morgan fingerprint density at radius 1 is 0.654 bits per heavy atom. The number of nitriles is 2. The van der Waals surface area contributed by atoms with Crippen LogP contribution in [-0.2, 0) is 0 Å². The lowest BCUT2D eigenvalue weighted by Gasteiger charge is -2.12. The van der Waals surface area contributed by atoms with Gasteiger partial charge in [0.15, 0.2) is 0 Å². The molecule has 0 fully saturated rings. The Kier molecular flexibility index (Phi) is 3.27. The fraction of sp³-hybridized carbons (Fsp3) is 0. The van der Waals surface area contributed by atoms with Crippen molar-refractivity contribution in [3.63, 3.8) is 0 Å². The van der Waals surface area contributed by atoms with Crippen LogP contribution in [0.1, 0.15) is 22.3 Å². The minimum absolute atomic E-state index is 0.0137. The molecule has 2 aliphatic carbocycles. The highest BCUT2D eigenvalue weighted by Gasteiger charge is 2.38. The molecule has 0 bridgehead atoms. The number of benzene rings is 2. The van der Waals surface area contributed by atoms with Crippen LogP contribution in [0.3, 0.4) is 0 Å². The Morgan fingerprint density at radius 3 is 1.31 bits per heavy atom. The maximum atomic E-state index is 9.49. The summed E-state index contributed by atoms with van der Waals surface area (Å²) in [6.07, 6.45) is 0. The average molecular weight is 328 g/mol. The quantitative estimate of drug-likeness (QED) is 0.508. The summed E-state index contributed by atoms with van der Waals surface area (Å²) in [5.41, 5.74) is 5.99. The van der Waals surface area contributed by atoms with Gasteiger partial charge in [-0.05, 0) is 33.4 Å². The third-order valence-corrected chi connectivity index (χ3v) is 4.59. The number of nitrogens with zero attached hydrogens (tertiary/aromatic N) is 4. The number of fused-ring (bicyclic) bond motifs is 4. The van der Waals surface area contributed by atoms with E-state index in [4.69, 9.17) is 13.1 Å². The summed E-state index contributed by atoms with van der Waals surface area (Å²) in [6.45, 7) is 14.8. The van der Waals surface area contributed by atoms with Gasteiger partial charge < -0.3 is 0 Å². The van der Waals surface area contributed by atoms with Crippen LogP contribution in [0.4, 0.5) is 0 Å².